The van der Waals surface area contributed by atoms with Crippen molar-refractivity contribution in [3.8, 4) is 157 Å². The van der Waals surface area contributed by atoms with E-state index < -0.39 is 0 Å². The van der Waals surface area contributed by atoms with Crippen LogP contribution in [0, 0.1) is 13.1 Å². The van der Waals surface area contributed by atoms with Crippen molar-refractivity contribution in [2.45, 2.75) is 38.5 Å². The molecule has 0 saturated carbocycles. The second-order valence-corrected chi connectivity index (χ2v) is 28.2. The molecule has 14 aromatic carbocycles. The maximum atomic E-state index is 7.79. The van der Waals surface area contributed by atoms with E-state index in [1.807, 2.05) is 66.7 Å². The Hall–Kier alpha value is -13.8. The smallest absolute Gasteiger partial charge is 0.195 e. The number of rotatable bonds is 12. The Bertz CT molecular complexity index is 6160. The molecule has 0 saturated heterocycles. The van der Waals surface area contributed by atoms with Crippen LogP contribution < -0.4 is 0 Å². The first kappa shape index (κ1) is 65.5. The lowest BCUT2D eigenvalue weighted by atomic mass is 9.81. The van der Waals surface area contributed by atoms with E-state index >= 15 is 0 Å². The van der Waals surface area contributed by atoms with Gasteiger partial charge in [-0.1, -0.05) is 325 Å². The predicted octanol–water partition coefficient (Wildman–Crippen LogP) is 26.7. The van der Waals surface area contributed by atoms with Crippen molar-refractivity contribution in [3.05, 3.63) is 397 Å². The van der Waals surface area contributed by atoms with Crippen molar-refractivity contribution in [2.75, 3.05) is 0 Å². The van der Waals surface area contributed by atoms with Crippen LogP contribution in [-0.2, 0) is 10.8 Å². The van der Waals surface area contributed by atoms with Gasteiger partial charge in [0, 0.05) is 44.2 Å². The second kappa shape index (κ2) is 27.5. The highest BCUT2D eigenvalue weighted by Gasteiger charge is 2.38. The molecule has 0 N–H and O–H groups in total. The highest BCUT2D eigenvalue weighted by atomic mass is 14.9. The van der Waals surface area contributed by atoms with Crippen molar-refractivity contribution in [1.82, 2.24) is 19.9 Å². The fourth-order valence-electron chi connectivity index (χ4n) is 15.6. The van der Waals surface area contributed by atoms with Crippen LogP contribution in [-0.4, -0.2) is 19.9 Å². The van der Waals surface area contributed by atoms with Crippen LogP contribution in [0.2, 0.25) is 0 Å². The number of hydrogen-bond acceptors (Lipinski definition) is 4. The Morgan fingerprint density at radius 3 is 1.21 bits per heavy atom. The molecular weight excluding hydrogens is 1290 g/mol. The Kier molecular flexibility index (Phi) is 17.0. The van der Waals surface area contributed by atoms with Gasteiger partial charge in [-0.15, -0.1) is 0 Å². The van der Waals surface area contributed by atoms with Gasteiger partial charge in [0.15, 0.2) is 23.0 Å². The molecule has 0 amide bonds. The van der Waals surface area contributed by atoms with Crippen molar-refractivity contribution in [1.29, 1.82) is 0 Å². The molecule has 106 heavy (non-hydrogen) atoms. The van der Waals surface area contributed by atoms with Crippen molar-refractivity contribution >= 4 is 11.4 Å². The van der Waals surface area contributed by atoms with E-state index in [1.165, 1.54) is 38.9 Å². The molecule has 0 bridgehead atoms. The van der Waals surface area contributed by atoms with Crippen LogP contribution in [0.3, 0.4) is 0 Å². The average molecular weight is 1360 g/mol. The Morgan fingerprint density at radius 1 is 0.217 bits per heavy atom. The Balaban J connectivity index is 0.000000156. The summed E-state index contributed by atoms with van der Waals surface area (Å²) < 4.78 is 0. The van der Waals surface area contributed by atoms with Gasteiger partial charge < -0.3 is 0 Å². The molecule has 6 nitrogen and oxygen atoms in total. The lowest BCUT2D eigenvalue weighted by Gasteiger charge is -2.22. The highest BCUT2D eigenvalue weighted by molar-refractivity contribution is 5.96. The minimum Gasteiger partial charge on any atom is -0.238 e. The molecule has 0 radical (unpaired) electrons. The monoisotopic (exact) mass is 1350 g/mol. The molecule has 18 rings (SSSR count). The van der Waals surface area contributed by atoms with E-state index in [4.69, 9.17) is 33.1 Å². The van der Waals surface area contributed by atoms with Crippen LogP contribution in [0.15, 0.2) is 352 Å². The molecule has 0 aliphatic heterocycles. The molecule has 0 atom stereocenters. The molecule has 2 aliphatic rings. The topological polar surface area (TPSA) is 60.3 Å². The summed E-state index contributed by atoms with van der Waals surface area (Å²) in [5, 5.41) is 0. The van der Waals surface area contributed by atoms with Crippen molar-refractivity contribution in [2.24, 2.45) is 0 Å². The van der Waals surface area contributed by atoms with Crippen LogP contribution in [0.1, 0.15) is 49.9 Å². The maximum absolute atomic E-state index is 7.79. The van der Waals surface area contributed by atoms with E-state index in [0.717, 1.165) is 134 Å². The van der Waals surface area contributed by atoms with Crippen LogP contribution in [0.5, 0.6) is 0 Å². The molecule has 2 heterocycles. The number of hydrogen-bond donors (Lipinski definition) is 0. The van der Waals surface area contributed by atoms with Crippen LogP contribution >= 0.6 is 0 Å². The van der Waals surface area contributed by atoms with Crippen LogP contribution in [0.25, 0.3) is 167 Å². The molecule has 0 unspecified atom stereocenters. The summed E-state index contributed by atoms with van der Waals surface area (Å²) in [6.45, 7) is 24.6. The first-order chi connectivity index (χ1) is 51.9. The zero-order chi connectivity index (χ0) is 71.9. The molecule has 0 spiro atoms. The fourth-order valence-corrected chi connectivity index (χ4v) is 15.6. The lowest BCUT2D eigenvalue weighted by Crippen LogP contribution is -2.14. The maximum Gasteiger partial charge on any atom is 0.195 e. The summed E-state index contributed by atoms with van der Waals surface area (Å²) in [5.41, 5.74) is 34.0. The third-order valence-corrected chi connectivity index (χ3v) is 21.0. The van der Waals surface area contributed by atoms with Crippen LogP contribution in [0.4, 0.5) is 11.4 Å². The van der Waals surface area contributed by atoms with E-state index in [-0.39, 0.29) is 10.8 Å². The Labute approximate surface area is 619 Å². The molecule has 500 valence electrons. The van der Waals surface area contributed by atoms with E-state index in [2.05, 4.69) is 323 Å². The van der Waals surface area contributed by atoms with Gasteiger partial charge in [0.25, 0.3) is 0 Å². The summed E-state index contributed by atoms with van der Waals surface area (Å²) in [5.74, 6) is 1.37. The highest BCUT2D eigenvalue weighted by Crippen LogP contribution is 2.55. The van der Waals surface area contributed by atoms with Crippen molar-refractivity contribution < 1.29 is 0 Å². The SMILES string of the molecule is [C-]#[N+]c1ccc2c(c1)-c1c(-c3cccc(-c4cccc(-c5nc(-c6ccccc6)cc(-c6ccccc6-c6ccccc6)n5)c4)c3)cccc1C2(C)C.[C-]#[N+]c1cccc2c1-c1ccc(-c3cccc(-c4cccc(-c5cc(-c6cccc(-c7ccccc7)c6)nc(-c6ccccc6)n5)c4)c3)cc1C2(C)C. The summed E-state index contributed by atoms with van der Waals surface area (Å²) in [6, 6.07) is 123. The lowest BCUT2D eigenvalue weighted by molar-refractivity contribution is 0.660. The normalized spacial score (nSPS) is 12.5. The Morgan fingerprint density at radius 2 is 0.613 bits per heavy atom. The minimum atomic E-state index is -0.189. The summed E-state index contributed by atoms with van der Waals surface area (Å²) in [4.78, 5) is 28.2. The minimum absolute atomic E-state index is 0.151. The van der Waals surface area contributed by atoms with Gasteiger partial charge >= 0.3 is 0 Å². The quantitative estimate of drug-likeness (QED) is 0.114. The largest absolute Gasteiger partial charge is 0.238 e. The summed E-state index contributed by atoms with van der Waals surface area (Å²) >= 11 is 0. The molecule has 0 fully saturated rings. The summed E-state index contributed by atoms with van der Waals surface area (Å²) in [6.07, 6.45) is 0. The van der Waals surface area contributed by atoms with Gasteiger partial charge in [-0.25, -0.2) is 29.6 Å². The standard InChI is InChI=1S/2C50H35N3/c1-50(2)43-24-13-25-45(51-3)48(43)42-27-26-39(31-44(42)50)37-20-10-19-36(28-37)38-21-12-23-41(30-38)47-32-46(52-49(53-47)34-16-8-5-9-17-34)40-22-11-18-35(29-40)33-14-6-4-7-15-33;1-50(2)44-28-27-39(51-3)31-43(44)48-41(25-14-26-45(48)50)37-21-12-19-35(29-37)36-20-13-22-38(30-36)49-52-46(34-17-8-5-9-18-34)32-47(53-49)42-24-11-10-23-40(42)33-15-6-4-7-16-33/h2*4-32H,1-2H3. The molecule has 2 aromatic heterocycles. The van der Waals surface area contributed by atoms with Gasteiger partial charge in [-0.3, -0.25) is 0 Å². The van der Waals surface area contributed by atoms with Crippen molar-refractivity contribution in [3.63, 3.8) is 0 Å². The number of aromatic nitrogens is 4. The first-order valence-corrected chi connectivity index (χ1v) is 35.9. The second-order valence-electron chi connectivity index (χ2n) is 28.2. The third kappa shape index (κ3) is 12.3. The van der Waals surface area contributed by atoms with E-state index in [1.54, 1.807) is 0 Å². The summed E-state index contributed by atoms with van der Waals surface area (Å²) in [7, 11) is 0. The molecular formula is C100H70N6. The van der Waals surface area contributed by atoms with E-state index in [0.29, 0.717) is 17.3 Å². The molecule has 2 aliphatic carbocycles. The van der Waals surface area contributed by atoms with Gasteiger partial charge in [0.1, 0.15) is 0 Å². The molecule has 6 heteroatoms. The van der Waals surface area contributed by atoms with Gasteiger partial charge in [-0.2, -0.15) is 0 Å². The van der Waals surface area contributed by atoms with Gasteiger partial charge in [0.2, 0.25) is 0 Å². The number of benzene rings is 14. The molecule has 16 aromatic rings. The predicted molar refractivity (Wildman–Crippen MR) is 437 cm³/mol. The first-order valence-electron chi connectivity index (χ1n) is 35.9. The fraction of sp³-hybridized carbons (Fsp3) is 0.0600. The average Bonchev–Trinajstić information content (AvgIpc) is 1.57. The van der Waals surface area contributed by atoms with E-state index in [9.17, 15) is 0 Å². The zero-order valence-electron chi connectivity index (χ0n) is 59.2. The number of fused-ring (bicyclic) bond motifs is 6. The number of nitrogens with zero attached hydrogens (tertiary/aromatic N) is 6. The third-order valence-electron chi connectivity index (χ3n) is 21.0. The van der Waals surface area contributed by atoms with Gasteiger partial charge in [-0.05, 0) is 166 Å². The van der Waals surface area contributed by atoms with Gasteiger partial charge in [0.05, 0.1) is 35.9 Å². The zero-order valence-corrected chi connectivity index (χ0v) is 59.2.